The molecule has 102 valence electrons. The van der Waals surface area contributed by atoms with Gasteiger partial charge in [0.15, 0.2) is 0 Å². The van der Waals surface area contributed by atoms with Gasteiger partial charge in [-0.25, -0.2) is 0 Å². The second-order valence-corrected chi connectivity index (χ2v) is 4.27. The quantitative estimate of drug-likeness (QED) is 0.488. The second-order valence-electron chi connectivity index (χ2n) is 4.27. The Morgan fingerprint density at radius 2 is 1.84 bits per heavy atom. The van der Waals surface area contributed by atoms with Gasteiger partial charge in [0.1, 0.15) is 5.84 Å². The highest BCUT2D eigenvalue weighted by molar-refractivity contribution is 5.99. The third-order valence-electron chi connectivity index (χ3n) is 2.91. The fraction of sp³-hybridized carbons (Fsp3) is 0.250. The second kappa shape index (κ2) is 5.71. The predicted octanol–water partition coefficient (Wildman–Crippen LogP) is 1.05. The molecule has 7 heteroatoms. The average Bonchev–Trinajstić information content (AvgIpc) is 3.09. The number of carbonyl (C=O) groups is 2. The summed E-state index contributed by atoms with van der Waals surface area (Å²) in [6.45, 7) is 0. The average molecular weight is 284 g/mol. The van der Waals surface area contributed by atoms with Crippen molar-refractivity contribution < 1.29 is 14.7 Å². The first-order chi connectivity index (χ1) is 8.49. The molecule has 0 radical (unpaired) electrons. The Balaban J connectivity index is 0.00000180. The lowest BCUT2D eigenvalue weighted by Crippen LogP contribution is -2.17. The molecule has 6 nitrogen and oxygen atoms in total. The summed E-state index contributed by atoms with van der Waals surface area (Å²) < 4.78 is 0. The van der Waals surface area contributed by atoms with Crippen LogP contribution in [0.4, 0.5) is 5.69 Å². The Kier molecular flexibility index (Phi) is 4.50. The third kappa shape index (κ3) is 3.45. The van der Waals surface area contributed by atoms with Crippen molar-refractivity contribution in [1.82, 2.24) is 0 Å². The first kappa shape index (κ1) is 15.0. The number of hydrogen-bond acceptors (Lipinski definition) is 3. The number of nitrogens with two attached hydrogens (primary N) is 1. The maximum absolute atomic E-state index is 11.7. The van der Waals surface area contributed by atoms with Gasteiger partial charge in [-0.1, -0.05) is 0 Å². The van der Waals surface area contributed by atoms with Crippen molar-refractivity contribution in [2.45, 2.75) is 6.42 Å². The molecule has 1 aliphatic rings. The van der Waals surface area contributed by atoms with E-state index in [0.717, 1.165) is 0 Å². The van der Waals surface area contributed by atoms with Crippen molar-refractivity contribution in [1.29, 1.82) is 5.41 Å². The first-order valence-corrected chi connectivity index (χ1v) is 5.47. The lowest BCUT2D eigenvalue weighted by molar-refractivity contribution is -0.139. The highest BCUT2D eigenvalue weighted by Gasteiger charge is 2.48. The Bertz CT molecular complexity index is 515. The molecule has 2 rings (SSSR count). The van der Waals surface area contributed by atoms with Crippen molar-refractivity contribution in [3.8, 4) is 0 Å². The van der Waals surface area contributed by atoms with E-state index < -0.39 is 17.8 Å². The molecular formula is C12H14ClN3O3. The van der Waals surface area contributed by atoms with Gasteiger partial charge < -0.3 is 16.2 Å². The van der Waals surface area contributed by atoms with Gasteiger partial charge in [-0.15, -0.1) is 12.4 Å². The van der Waals surface area contributed by atoms with Gasteiger partial charge >= 0.3 is 5.97 Å². The van der Waals surface area contributed by atoms with Gasteiger partial charge in [0.25, 0.3) is 0 Å². The summed E-state index contributed by atoms with van der Waals surface area (Å²) in [6.07, 6.45) is 0.396. The molecule has 0 aromatic heterocycles. The lowest BCUT2D eigenvalue weighted by atomic mass is 10.2. The molecule has 0 saturated heterocycles. The number of carboxylic acids is 1. The molecule has 2 atom stereocenters. The number of halogens is 1. The van der Waals surface area contributed by atoms with Gasteiger partial charge in [0.05, 0.1) is 11.8 Å². The molecule has 19 heavy (non-hydrogen) atoms. The van der Waals surface area contributed by atoms with Gasteiger partial charge in [-0.3, -0.25) is 15.0 Å². The van der Waals surface area contributed by atoms with Gasteiger partial charge in [-0.05, 0) is 30.7 Å². The minimum absolute atomic E-state index is 0. The summed E-state index contributed by atoms with van der Waals surface area (Å²) >= 11 is 0. The number of carboxylic acid groups (broad SMARTS) is 1. The van der Waals surface area contributed by atoms with Crippen molar-refractivity contribution in [2.24, 2.45) is 17.6 Å². The zero-order valence-corrected chi connectivity index (χ0v) is 10.7. The third-order valence-corrected chi connectivity index (χ3v) is 2.91. The Labute approximate surface area is 115 Å². The molecule has 1 aromatic rings. The van der Waals surface area contributed by atoms with E-state index in [0.29, 0.717) is 17.7 Å². The normalized spacial score (nSPS) is 20.0. The molecule has 1 aliphatic carbocycles. The first-order valence-electron chi connectivity index (χ1n) is 5.47. The van der Waals surface area contributed by atoms with Crippen LogP contribution in [0.25, 0.3) is 0 Å². The van der Waals surface area contributed by atoms with Crippen LogP contribution < -0.4 is 11.1 Å². The monoisotopic (exact) mass is 283 g/mol. The van der Waals surface area contributed by atoms with Crippen molar-refractivity contribution in [2.75, 3.05) is 5.32 Å². The smallest absolute Gasteiger partial charge is 0.307 e. The number of amides is 1. The van der Waals surface area contributed by atoms with Crippen LogP contribution in [0.15, 0.2) is 24.3 Å². The van der Waals surface area contributed by atoms with E-state index in [1.165, 1.54) is 0 Å². The molecule has 1 saturated carbocycles. The number of anilines is 1. The van der Waals surface area contributed by atoms with Crippen LogP contribution in [0.3, 0.4) is 0 Å². The van der Waals surface area contributed by atoms with Crippen LogP contribution in [0, 0.1) is 17.2 Å². The standard InChI is InChI=1S/C12H13N3O3.ClH/c13-10(14)6-1-3-7(4-2-6)15-11(16)8-5-9(8)12(17)18;/h1-4,8-9H,5H2,(H3,13,14)(H,15,16)(H,17,18);1H. The number of aliphatic carboxylic acids is 1. The molecular weight excluding hydrogens is 270 g/mol. The molecule has 1 amide bonds. The van der Waals surface area contributed by atoms with Gasteiger partial charge in [0, 0.05) is 11.3 Å². The molecule has 0 aliphatic heterocycles. The summed E-state index contributed by atoms with van der Waals surface area (Å²) in [5.41, 5.74) is 6.45. The number of rotatable bonds is 4. The highest BCUT2D eigenvalue weighted by Crippen LogP contribution is 2.39. The van der Waals surface area contributed by atoms with E-state index in [1.807, 2.05) is 0 Å². The fourth-order valence-corrected chi connectivity index (χ4v) is 1.73. The fourth-order valence-electron chi connectivity index (χ4n) is 1.73. The van der Waals surface area contributed by atoms with Crippen molar-refractivity contribution in [3.63, 3.8) is 0 Å². The van der Waals surface area contributed by atoms with Crippen LogP contribution in [0.2, 0.25) is 0 Å². The van der Waals surface area contributed by atoms with Gasteiger partial charge in [0.2, 0.25) is 5.91 Å². The lowest BCUT2D eigenvalue weighted by Gasteiger charge is -2.05. The SMILES string of the molecule is Cl.N=C(N)c1ccc(NC(=O)C2CC2C(=O)O)cc1. The van der Waals surface area contributed by atoms with E-state index >= 15 is 0 Å². The Morgan fingerprint density at radius 1 is 1.26 bits per heavy atom. The van der Waals surface area contributed by atoms with Crippen LogP contribution in [0.1, 0.15) is 12.0 Å². The maximum Gasteiger partial charge on any atom is 0.307 e. The summed E-state index contributed by atoms with van der Waals surface area (Å²) in [5.74, 6) is -2.24. The Hall–Kier alpha value is -2.08. The van der Waals surface area contributed by atoms with Crippen molar-refractivity contribution in [3.05, 3.63) is 29.8 Å². The molecule has 1 fully saturated rings. The molecule has 5 N–H and O–H groups in total. The van der Waals surface area contributed by atoms with E-state index in [9.17, 15) is 9.59 Å². The predicted molar refractivity (Wildman–Crippen MR) is 72.6 cm³/mol. The molecule has 0 bridgehead atoms. The summed E-state index contributed by atoms with van der Waals surface area (Å²) in [7, 11) is 0. The minimum Gasteiger partial charge on any atom is -0.481 e. The largest absolute Gasteiger partial charge is 0.481 e. The van der Waals surface area contributed by atoms with E-state index in [1.54, 1.807) is 24.3 Å². The van der Waals surface area contributed by atoms with E-state index in [-0.39, 0.29) is 24.1 Å². The van der Waals surface area contributed by atoms with Crippen molar-refractivity contribution >= 4 is 35.8 Å². The maximum atomic E-state index is 11.7. The highest BCUT2D eigenvalue weighted by atomic mass is 35.5. The number of nitrogens with one attached hydrogen (secondary N) is 2. The minimum atomic E-state index is -0.929. The van der Waals surface area contributed by atoms with E-state index in [4.69, 9.17) is 16.2 Å². The molecule has 1 aromatic carbocycles. The van der Waals surface area contributed by atoms with Gasteiger partial charge in [-0.2, -0.15) is 0 Å². The molecule has 0 heterocycles. The van der Waals surface area contributed by atoms with E-state index in [2.05, 4.69) is 5.32 Å². The zero-order valence-electron chi connectivity index (χ0n) is 9.92. The molecule has 0 spiro atoms. The number of amidine groups is 1. The van der Waals surface area contributed by atoms with Crippen LogP contribution in [-0.4, -0.2) is 22.8 Å². The number of hydrogen-bond donors (Lipinski definition) is 4. The zero-order chi connectivity index (χ0) is 13.3. The Morgan fingerprint density at radius 3 is 2.26 bits per heavy atom. The van der Waals surface area contributed by atoms with Crippen LogP contribution in [0.5, 0.6) is 0 Å². The summed E-state index contributed by atoms with van der Waals surface area (Å²) in [5, 5.41) is 18.6. The number of benzene rings is 1. The summed E-state index contributed by atoms with van der Waals surface area (Å²) in [6, 6.07) is 6.51. The van der Waals surface area contributed by atoms with Crippen LogP contribution >= 0.6 is 12.4 Å². The number of nitrogen functional groups attached to an aromatic ring is 1. The molecule has 2 unspecified atom stereocenters. The number of carbonyl (C=O) groups excluding carboxylic acids is 1. The summed E-state index contributed by atoms with van der Waals surface area (Å²) in [4.78, 5) is 22.3. The van der Waals surface area contributed by atoms with Crippen LogP contribution in [-0.2, 0) is 9.59 Å². The topological polar surface area (TPSA) is 116 Å².